The number of hydrogen-bond donors (Lipinski definition) is 1. The lowest BCUT2D eigenvalue weighted by Gasteiger charge is -1.87. The highest BCUT2D eigenvalue weighted by Gasteiger charge is 1.90. The smallest absolute Gasteiger partial charge is 0.137 e. The lowest BCUT2D eigenvalue weighted by molar-refractivity contribution is 0.621. The van der Waals surface area contributed by atoms with E-state index in [4.69, 9.17) is 0 Å². The lowest BCUT2D eigenvalue weighted by atomic mass is 10.4. The summed E-state index contributed by atoms with van der Waals surface area (Å²) in [6, 6.07) is 16.3. The zero-order valence-corrected chi connectivity index (χ0v) is 10.4. The van der Waals surface area contributed by atoms with Crippen molar-refractivity contribution in [3.8, 4) is 0 Å². The second kappa shape index (κ2) is 6.64. The average Bonchev–Trinajstić information content (AvgIpc) is 2.25. The molecule has 0 N–H and O–H groups in total. The van der Waals surface area contributed by atoms with Gasteiger partial charge in [0.1, 0.15) is 5.82 Å². The highest BCUT2D eigenvalue weighted by Crippen LogP contribution is 2.12. The highest BCUT2D eigenvalue weighted by molar-refractivity contribution is 9.10. The van der Waals surface area contributed by atoms with Gasteiger partial charge in [-0.15, -0.1) is 12.6 Å². The van der Waals surface area contributed by atoms with Crippen LogP contribution in [-0.4, -0.2) is 0 Å². The van der Waals surface area contributed by atoms with Gasteiger partial charge in [0, 0.05) is 4.90 Å². The van der Waals surface area contributed by atoms with E-state index in [1.807, 2.05) is 30.3 Å². The molecule has 0 radical (unpaired) electrons. The van der Waals surface area contributed by atoms with E-state index >= 15 is 0 Å². The standard InChI is InChI=1S/C6H4BrF.C6H6S/c7-5-3-1-2-4-6(5)8;7-6-4-2-1-3-5-6/h1-4H;1-5,7H. The molecule has 0 spiro atoms. The fourth-order valence-corrected chi connectivity index (χ4v) is 1.32. The minimum Gasteiger partial charge on any atom is -0.206 e. The van der Waals surface area contributed by atoms with Crippen LogP contribution in [0.5, 0.6) is 0 Å². The highest BCUT2D eigenvalue weighted by atomic mass is 79.9. The summed E-state index contributed by atoms with van der Waals surface area (Å²) in [5.41, 5.74) is 0. The monoisotopic (exact) mass is 284 g/mol. The Hall–Kier alpha value is -0.800. The first-order valence-corrected chi connectivity index (χ1v) is 5.58. The van der Waals surface area contributed by atoms with E-state index in [1.54, 1.807) is 18.2 Å². The summed E-state index contributed by atoms with van der Waals surface area (Å²) in [6.45, 7) is 0. The minimum absolute atomic E-state index is 0.215. The van der Waals surface area contributed by atoms with Crippen molar-refractivity contribution in [2.75, 3.05) is 0 Å². The molecule has 0 amide bonds. The van der Waals surface area contributed by atoms with Crippen molar-refractivity contribution in [2.24, 2.45) is 0 Å². The van der Waals surface area contributed by atoms with Gasteiger partial charge in [-0.3, -0.25) is 0 Å². The van der Waals surface area contributed by atoms with Crippen LogP contribution in [-0.2, 0) is 0 Å². The normalized spacial score (nSPS) is 9.00. The van der Waals surface area contributed by atoms with Gasteiger partial charge in [0.15, 0.2) is 0 Å². The molecular formula is C12H10BrFS. The van der Waals surface area contributed by atoms with Gasteiger partial charge >= 0.3 is 0 Å². The molecule has 0 saturated carbocycles. The Kier molecular flexibility index (Phi) is 5.43. The first kappa shape index (κ1) is 12.3. The lowest BCUT2D eigenvalue weighted by Crippen LogP contribution is -1.70. The SMILES string of the molecule is Fc1ccccc1Br.Sc1ccccc1. The van der Waals surface area contributed by atoms with Crippen LogP contribution in [0.3, 0.4) is 0 Å². The van der Waals surface area contributed by atoms with Gasteiger partial charge in [0.05, 0.1) is 4.47 Å². The number of benzene rings is 2. The molecule has 0 aliphatic rings. The molecule has 0 unspecified atom stereocenters. The van der Waals surface area contributed by atoms with Crippen molar-refractivity contribution in [3.05, 3.63) is 64.9 Å². The topological polar surface area (TPSA) is 0 Å². The molecule has 2 aromatic rings. The molecule has 0 nitrogen and oxygen atoms in total. The maximum atomic E-state index is 12.3. The Morgan fingerprint density at radius 1 is 0.867 bits per heavy atom. The van der Waals surface area contributed by atoms with Gasteiger partial charge in [-0.2, -0.15) is 0 Å². The van der Waals surface area contributed by atoms with Crippen molar-refractivity contribution in [1.29, 1.82) is 0 Å². The Bertz CT molecular complexity index is 382. The van der Waals surface area contributed by atoms with Gasteiger partial charge in [0.2, 0.25) is 0 Å². The molecule has 0 heterocycles. The van der Waals surface area contributed by atoms with Gasteiger partial charge < -0.3 is 0 Å². The summed E-state index contributed by atoms with van der Waals surface area (Å²) in [7, 11) is 0. The van der Waals surface area contributed by atoms with E-state index < -0.39 is 0 Å². The molecule has 15 heavy (non-hydrogen) atoms. The van der Waals surface area contributed by atoms with Crippen LogP contribution in [0, 0.1) is 5.82 Å². The summed E-state index contributed by atoms with van der Waals surface area (Å²) >= 11 is 7.10. The maximum absolute atomic E-state index is 12.3. The molecule has 0 bridgehead atoms. The molecule has 0 aliphatic heterocycles. The third kappa shape index (κ3) is 5.00. The van der Waals surface area contributed by atoms with Crippen molar-refractivity contribution in [3.63, 3.8) is 0 Å². The second-order valence-corrected chi connectivity index (χ2v) is 4.12. The second-order valence-electron chi connectivity index (χ2n) is 2.75. The van der Waals surface area contributed by atoms with Crippen LogP contribution in [0.15, 0.2) is 64.0 Å². The Morgan fingerprint density at radius 2 is 1.40 bits per heavy atom. The summed E-state index contributed by atoms with van der Waals surface area (Å²) in [4.78, 5) is 1.02. The largest absolute Gasteiger partial charge is 0.206 e. The van der Waals surface area contributed by atoms with E-state index in [1.165, 1.54) is 6.07 Å². The summed E-state index contributed by atoms with van der Waals surface area (Å²) in [5.74, 6) is -0.215. The Balaban J connectivity index is 0.000000151. The molecule has 3 heteroatoms. The van der Waals surface area contributed by atoms with Crippen LogP contribution in [0.25, 0.3) is 0 Å². The van der Waals surface area contributed by atoms with Gasteiger partial charge in [-0.05, 0) is 40.2 Å². The van der Waals surface area contributed by atoms with E-state index in [2.05, 4.69) is 28.6 Å². The summed E-state index contributed by atoms with van der Waals surface area (Å²) in [6.07, 6.45) is 0. The van der Waals surface area contributed by atoms with Crippen LogP contribution < -0.4 is 0 Å². The van der Waals surface area contributed by atoms with Crippen molar-refractivity contribution in [2.45, 2.75) is 4.90 Å². The van der Waals surface area contributed by atoms with E-state index in [9.17, 15) is 4.39 Å². The fraction of sp³-hybridized carbons (Fsp3) is 0. The summed E-state index contributed by atoms with van der Waals surface area (Å²) in [5, 5.41) is 0. The molecule has 0 saturated heterocycles. The predicted molar refractivity (Wildman–Crippen MR) is 67.8 cm³/mol. The molecule has 0 fully saturated rings. The van der Waals surface area contributed by atoms with Gasteiger partial charge in [-0.25, -0.2) is 4.39 Å². The third-order valence-corrected chi connectivity index (χ3v) is 2.52. The number of thiol groups is 1. The number of halogens is 2. The first-order chi connectivity index (χ1) is 7.20. The molecule has 0 aromatic heterocycles. The molecule has 78 valence electrons. The minimum atomic E-state index is -0.215. The van der Waals surface area contributed by atoms with E-state index in [0.717, 1.165) is 4.90 Å². The zero-order chi connectivity index (χ0) is 11.1. The van der Waals surface area contributed by atoms with E-state index in [-0.39, 0.29) is 5.82 Å². The Labute approximate surface area is 103 Å². The van der Waals surface area contributed by atoms with Gasteiger partial charge in [0.25, 0.3) is 0 Å². The third-order valence-electron chi connectivity index (χ3n) is 1.58. The first-order valence-electron chi connectivity index (χ1n) is 4.34. The number of rotatable bonds is 0. The fourth-order valence-electron chi connectivity index (χ4n) is 0.867. The van der Waals surface area contributed by atoms with E-state index in [0.29, 0.717) is 4.47 Å². The predicted octanol–water partition coefficient (Wildman–Crippen LogP) is 4.56. The van der Waals surface area contributed by atoms with Crippen molar-refractivity contribution >= 4 is 28.6 Å². The van der Waals surface area contributed by atoms with Crippen LogP contribution in [0.2, 0.25) is 0 Å². The molecular weight excluding hydrogens is 275 g/mol. The van der Waals surface area contributed by atoms with Gasteiger partial charge in [-0.1, -0.05) is 30.3 Å². The molecule has 0 aliphatic carbocycles. The molecule has 0 atom stereocenters. The molecule has 2 aromatic carbocycles. The van der Waals surface area contributed by atoms with Crippen LogP contribution in [0.1, 0.15) is 0 Å². The van der Waals surface area contributed by atoms with Crippen LogP contribution >= 0.6 is 28.6 Å². The zero-order valence-electron chi connectivity index (χ0n) is 7.90. The number of hydrogen-bond acceptors (Lipinski definition) is 1. The summed E-state index contributed by atoms with van der Waals surface area (Å²) < 4.78 is 12.8. The maximum Gasteiger partial charge on any atom is 0.137 e. The van der Waals surface area contributed by atoms with Crippen molar-refractivity contribution in [1.82, 2.24) is 0 Å². The van der Waals surface area contributed by atoms with Crippen LogP contribution in [0.4, 0.5) is 4.39 Å². The average molecular weight is 285 g/mol. The Morgan fingerprint density at radius 3 is 1.73 bits per heavy atom. The van der Waals surface area contributed by atoms with Crippen molar-refractivity contribution < 1.29 is 4.39 Å². The molecule has 2 rings (SSSR count). The quantitative estimate of drug-likeness (QED) is 0.674.